The fourth-order valence-corrected chi connectivity index (χ4v) is 1.88. The molecule has 92 valence electrons. The van der Waals surface area contributed by atoms with Crippen molar-refractivity contribution in [2.24, 2.45) is 16.9 Å². The minimum Gasteiger partial charge on any atom is -0.368 e. The molecule has 0 aromatic rings. The molecule has 1 rings (SSSR count). The summed E-state index contributed by atoms with van der Waals surface area (Å²) in [5.41, 5.74) is 10.9. The van der Waals surface area contributed by atoms with Crippen molar-refractivity contribution in [1.29, 1.82) is 0 Å². The molecule has 1 fully saturated rings. The van der Waals surface area contributed by atoms with E-state index in [1.807, 2.05) is 20.8 Å². The second-order valence-corrected chi connectivity index (χ2v) is 5.44. The maximum Gasteiger partial charge on any atom is 0.240 e. The van der Waals surface area contributed by atoms with Crippen LogP contribution in [0.5, 0.6) is 0 Å². The number of nitrogens with zero attached hydrogens (tertiary/aromatic N) is 1. The Hall–Kier alpha value is -1.10. The van der Waals surface area contributed by atoms with Gasteiger partial charge in [0.15, 0.2) is 0 Å². The second-order valence-electron chi connectivity index (χ2n) is 5.44. The number of hydrogen-bond donors (Lipinski definition) is 2. The molecule has 0 aromatic carbocycles. The Bertz CT molecular complexity index is 296. The number of hydrogen-bond acceptors (Lipinski definition) is 3. The van der Waals surface area contributed by atoms with E-state index < -0.39 is 18.0 Å². The van der Waals surface area contributed by atoms with Gasteiger partial charge in [-0.05, 0) is 18.3 Å². The zero-order chi connectivity index (χ0) is 12.5. The molecule has 0 aromatic heterocycles. The van der Waals surface area contributed by atoms with Gasteiger partial charge in [0.05, 0.1) is 6.04 Å². The van der Waals surface area contributed by atoms with Crippen LogP contribution in [0.15, 0.2) is 0 Å². The first kappa shape index (κ1) is 13.0. The molecule has 0 saturated carbocycles. The molecule has 0 radical (unpaired) electrons. The quantitative estimate of drug-likeness (QED) is 0.686. The van der Waals surface area contributed by atoms with E-state index in [-0.39, 0.29) is 11.3 Å². The zero-order valence-electron chi connectivity index (χ0n) is 10.2. The van der Waals surface area contributed by atoms with Gasteiger partial charge < -0.3 is 16.4 Å². The highest BCUT2D eigenvalue weighted by molar-refractivity contribution is 5.89. The number of rotatable bonds is 2. The van der Waals surface area contributed by atoms with E-state index in [0.29, 0.717) is 13.0 Å². The van der Waals surface area contributed by atoms with Crippen molar-refractivity contribution in [3.05, 3.63) is 0 Å². The third kappa shape index (κ3) is 2.52. The van der Waals surface area contributed by atoms with E-state index in [2.05, 4.69) is 0 Å². The van der Waals surface area contributed by atoms with Crippen LogP contribution in [0.25, 0.3) is 0 Å². The summed E-state index contributed by atoms with van der Waals surface area (Å²) in [6, 6.07) is -1.06. The topological polar surface area (TPSA) is 89.4 Å². The Kier molecular flexibility index (Phi) is 3.57. The predicted molar refractivity (Wildman–Crippen MR) is 61.4 cm³/mol. The van der Waals surface area contributed by atoms with Crippen LogP contribution < -0.4 is 11.5 Å². The molecule has 1 aliphatic rings. The monoisotopic (exact) mass is 227 g/mol. The van der Waals surface area contributed by atoms with Crippen molar-refractivity contribution >= 4 is 11.8 Å². The van der Waals surface area contributed by atoms with Crippen molar-refractivity contribution in [1.82, 2.24) is 4.90 Å². The Morgan fingerprint density at radius 2 is 1.94 bits per heavy atom. The van der Waals surface area contributed by atoms with Crippen molar-refractivity contribution in [2.45, 2.75) is 45.7 Å². The van der Waals surface area contributed by atoms with E-state index in [0.717, 1.165) is 6.42 Å². The highest BCUT2D eigenvalue weighted by Crippen LogP contribution is 2.23. The number of carbonyl (C=O) groups is 2. The molecule has 0 bridgehead atoms. The molecule has 0 aliphatic carbocycles. The van der Waals surface area contributed by atoms with E-state index >= 15 is 0 Å². The van der Waals surface area contributed by atoms with Crippen LogP contribution >= 0.6 is 0 Å². The van der Waals surface area contributed by atoms with E-state index in [9.17, 15) is 9.59 Å². The molecule has 1 heterocycles. The highest BCUT2D eigenvalue weighted by Gasteiger charge is 2.38. The van der Waals surface area contributed by atoms with Crippen LogP contribution in [0.3, 0.4) is 0 Å². The van der Waals surface area contributed by atoms with Gasteiger partial charge in [-0.15, -0.1) is 0 Å². The SMILES string of the molecule is CC(C)(C)[C@@H](N)C(=O)N1CCCC1C(N)=O. The van der Waals surface area contributed by atoms with Gasteiger partial charge in [-0.1, -0.05) is 20.8 Å². The van der Waals surface area contributed by atoms with Gasteiger partial charge in [0.25, 0.3) is 0 Å². The van der Waals surface area contributed by atoms with Crippen molar-refractivity contribution in [3.63, 3.8) is 0 Å². The van der Waals surface area contributed by atoms with Gasteiger partial charge in [0.2, 0.25) is 11.8 Å². The van der Waals surface area contributed by atoms with E-state index in [1.54, 1.807) is 0 Å². The summed E-state index contributed by atoms with van der Waals surface area (Å²) >= 11 is 0. The first-order valence-corrected chi connectivity index (χ1v) is 5.60. The van der Waals surface area contributed by atoms with Crippen LogP contribution in [-0.2, 0) is 9.59 Å². The fraction of sp³-hybridized carbons (Fsp3) is 0.818. The lowest BCUT2D eigenvalue weighted by Gasteiger charge is -2.32. The van der Waals surface area contributed by atoms with Crippen LogP contribution in [0, 0.1) is 5.41 Å². The van der Waals surface area contributed by atoms with Crippen molar-refractivity contribution < 1.29 is 9.59 Å². The number of carbonyl (C=O) groups excluding carboxylic acids is 2. The average molecular weight is 227 g/mol. The van der Waals surface area contributed by atoms with Crippen LogP contribution in [0.1, 0.15) is 33.6 Å². The van der Waals surface area contributed by atoms with E-state index in [4.69, 9.17) is 11.5 Å². The predicted octanol–water partition coefficient (Wildman–Crippen LogP) is -0.164. The average Bonchev–Trinajstić information content (AvgIpc) is 2.62. The summed E-state index contributed by atoms with van der Waals surface area (Å²) in [6.45, 7) is 6.30. The summed E-state index contributed by atoms with van der Waals surface area (Å²) < 4.78 is 0. The summed E-state index contributed by atoms with van der Waals surface area (Å²) in [7, 11) is 0. The van der Waals surface area contributed by atoms with E-state index in [1.165, 1.54) is 4.90 Å². The van der Waals surface area contributed by atoms with Crippen LogP contribution in [0.2, 0.25) is 0 Å². The smallest absolute Gasteiger partial charge is 0.240 e. The third-order valence-electron chi connectivity index (χ3n) is 3.06. The maximum absolute atomic E-state index is 12.1. The number of nitrogens with two attached hydrogens (primary N) is 2. The largest absolute Gasteiger partial charge is 0.368 e. The second kappa shape index (κ2) is 4.41. The molecule has 5 nitrogen and oxygen atoms in total. The summed E-state index contributed by atoms with van der Waals surface area (Å²) in [6.07, 6.45) is 1.47. The summed E-state index contributed by atoms with van der Waals surface area (Å²) in [5, 5.41) is 0. The first-order chi connectivity index (χ1) is 7.25. The van der Waals surface area contributed by atoms with Gasteiger partial charge in [0.1, 0.15) is 6.04 Å². The van der Waals surface area contributed by atoms with Gasteiger partial charge in [-0.25, -0.2) is 0 Å². The lowest BCUT2D eigenvalue weighted by molar-refractivity contribution is -0.140. The Labute approximate surface area is 96.1 Å². The van der Waals surface area contributed by atoms with Crippen LogP contribution in [-0.4, -0.2) is 35.3 Å². The lowest BCUT2D eigenvalue weighted by Crippen LogP contribution is -2.54. The minimum atomic E-state index is -0.590. The number of amides is 2. The molecule has 4 N–H and O–H groups in total. The van der Waals surface area contributed by atoms with Crippen LogP contribution in [0.4, 0.5) is 0 Å². The summed E-state index contributed by atoms with van der Waals surface area (Å²) in [5.74, 6) is -0.610. The number of primary amides is 1. The molecule has 16 heavy (non-hydrogen) atoms. The normalized spacial score (nSPS) is 23.2. The molecule has 0 spiro atoms. The van der Waals surface area contributed by atoms with Gasteiger partial charge in [-0.2, -0.15) is 0 Å². The van der Waals surface area contributed by atoms with Gasteiger partial charge >= 0.3 is 0 Å². The Morgan fingerprint density at radius 3 is 2.38 bits per heavy atom. The Morgan fingerprint density at radius 1 is 1.38 bits per heavy atom. The molecule has 5 heteroatoms. The van der Waals surface area contributed by atoms with Crippen molar-refractivity contribution in [3.8, 4) is 0 Å². The molecule has 2 atom stereocenters. The maximum atomic E-state index is 12.1. The third-order valence-corrected chi connectivity index (χ3v) is 3.06. The molecular weight excluding hydrogens is 206 g/mol. The molecule has 2 amide bonds. The minimum absolute atomic E-state index is 0.172. The summed E-state index contributed by atoms with van der Waals surface area (Å²) in [4.78, 5) is 24.8. The standard InChI is InChI=1S/C11H21N3O2/c1-11(2,3)8(12)10(16)14-6-4-5-7(14)9(13)15/h7-8H,4-6,12H2,1-3H3,(H2,13,15)/t7?,8-/m0/s1. The molecule has 1 aliphatic heterocycles. The zero-order valence-corrected chi connectivity index (χ0v) is 10.2. The molecule has 1 unspecified atom stereocenters. The fourth-order valence-electron chi connectivity index (χ4n) is 1.88. The Balaban J connectivity index is 2.77. The first-order valence-electron chi connectivity index (χ1n) is 5.60. The van der Waals surface area contributed by atoms with Gasteiger partial charge in [-0.3, -0.25) is 9.59 Å². The van der Waals surface area contributed by atoms with Gasteiger partial charge in [0, 0.05) is 6.54 Å². The number of likely N-dealkylation sites (tertiary alicyclic amines) is 1. The lowest BCUT2D eigenvalue weighted by atomic mass is 9.86. The van der Waals surface area contributed by atoms with Crippen molar-refractivity contribution in [2.75, 3.05) is 6.54 Å². The molecular formula is C11H21N3O2. The highest BCUT2D eigenvalue weighted by atomic mass is 16.2. The molecule has 1 saturated heterocycles.